The van der Waals surface area contributed by atoms with Gasteiger partial charge >= 0.3 is 11.9 Å². The maximum atomic E-state index is 12.9. The van der Waals surface area contributed by atoms with Gasteiger partial charge in [-0.25, -0.2) is 22.7 Å². The van der Waals surface area contributed by atoms with Gasteiger partial charge in [0, 0.05) is 11.9 Å². The molecular formula is C21H21N3O6S. The minimum absolute atomic E-state index is 0.0971. The molecule has 0 fully saturated rings. The zero-order chi connectivity index (χ0) is 22.8. The average Bonchev–Trinajstić information content (AvgIpc) is 3.20. The van der Waals surface area contributed by atoms with Crippen molar-refractivity contribution in [3.05, 3.63) is 71.0 Å². The molecule has 31 heavy (non-hydrogen) atoms. The zero-order valence-corrected chi connectivity index (χ0v) is 17.9. The number of aryl methyl sites for hydroxylation is 1. The van der Waals surface area contributed by atoms with E-state index in [4.69, 9.17) is 4.74 Å². The van der Waals surface area contributed by atoms with Gasteiger partial charge in [0.15, 0.2) is 5.69 Å². The fourth-order valence-electron chi connectivity index (χ4n) is 2.90. The summed E-state index contributed by atoms with van der Waals surface area (Å²) in [7, 11) is -4.01. The molecule has 10 heteroatoms. The number of aromatic nitrogens is 2. The Bertz CT molecular complexity index is 1250. The Morgan fingerprint density at radius 1 is 1.13 bits per heavy atom. The Morgan fingerprint density at radius 2 is 1.81 bits per heavy atom. The summed E-state index contributed by atoms with van der Waals surface area (Å²) in [5.74, 6) is -1.73. The van der Waals surface area contributed by atoms with Gasteiger partial charge in [-0.05, 0) is 74.4 Å². The van der Waals surface area contributed by atoms with Crippen molar-refractivity contribution in [2.75, 3.05) is 11.3 Å². The van der Waals surface area contributed by atoms with Crippen molar-refractivity contribution in [1.82, 2.24) is 9.78 Å². The second-order valence-electron chi connectivity index (χ2n) is 6.74. The van der Waals surface area contributed by atoms with Crippen LogP contribution in [-0.4, -0.2) is 41.9 Å². The van der Waals surface area contributed by atoms with Crippen LogP contribution in [-0.2, 0) is 14.8 Å². The van der Waals surface area contributed by atoms with Crippen molar-refractivity contribution in [3.8, 4) is 5.69 Å². The highest BCUT2D eigenvalue weighted by atomic mass is 32.2. The van der Waals surface area contributed by atoms with Crippen LogP contribution in [0.15, 0.2) is 53.6 Å². The molecule has 1 heterocycles. The molecule has 162 valence electrons. The van der Waals surface area contributed by atoms with Crippen molar-refractivity contribution < 1.29 is 27.9 Å². The van der Waals surface area contributed by atoms with Gasteiger partial charge in [0.25, 0.3) is 10.0 Å². The fourth-order valence-corrected chi connectivity index (χ4v) is 4.31. The van der Waals surface area contributed by atoms with E-state index in [-0.39, 0.29) is 22.8 Å². The number of nitrogens with one attached hydrogen (secondary N) is 1. The lowest BCUT2D eigenvalue weighted by atomic mass is 10.1. The van der Waals surface area contributed by atoms with Crippen molar-refractivity contribution in [3.63, 3.8) is 0 Å². The second-order valence-corrected chi connectivity index (χ2v) is 8.39. The summed E-state index contributed by atoms with van der Waals surface area (Å²) in [6.07, 6.45) is 1.59. The number of nitrogens with zero attached hydrogens (tertiary/aromatic N) is 2. The quantitative estimate of drug-likeness (QED) is 0.537. The van der Waals surface area contributed by atoms with Crippen LogP contribution in [0.5, 0.6) is 0 Å². The third kappa shape index (κ3) is 4.75. The molecule has 0 radical (unpaired) electrons. The minimum atomic E-state index is -4.01. The molecule has 0 saturated heterocycles. The number of sulfonamides is 1. The maximum Gasteiger partial charge on any atom is 0.358 e. The molecule has 3 rings (SSSR count). The molecular weight excluding hydrogens is 422 g/mol. The van der Waals surface area contributed by atoms with Crippen LogP contribution >= 0.6 is 0 Å². The summed E-state index contributed by atoms with van der Waals surface area (Å²) >= 11 is 0. The predicted octanol–water partition coefficient (Wildman–Crippen LogP) is 3.16. The first kappa shape index (κ1) is 22.0. The van der Waals surface area contributed by atoms with Crippen molar-refractivity contribution >= 4 is 27.6 Å². The fraction of sp³-hybridized carbons (Fsp3) is 0.190. The van der Waals surface area contributed by atoms with E-state index in [2.05, 4.69) is 9.82 Å². The first-order valence-electron chi connectivity index (χ1n) is 9.33. The number of hydrogen-bond acceptors (Lipinski definition) is 6. The molecule has 0 aliphatic heterocycles. The Hall–Kier alpha value is -3.66. The van der Waals surface area contributed by atoms with E-state index >= 15 is 0 Å². The third-order valence-corrected chi connectivity index (χ3v) is 6.12. The van der Waals surface area contributed by atoms with E-state index in [1.807, 2.05) is 0 Å². The number of anilines is 1. The normalized spacial score (nSPS) is 11.2. The maximum absolute atomic E-state index is 12.9. The number of ether oxygens (including phenoxy) is 1. The second kappa shape index (κ2) is 8.60. The van der Waals surface area contributed by atoms with Crippen LogP contribution in [0.4, 0.5) is 5.69 Å². The standard InChI is InChI=1S/C21H21N3O6S/c1-4-30-21(27)18-9-10-24(22-18)17-7-5-16(6-8-17)23-31(28,29)19-12-15(20(25)26)11-13(2)14(19)3/h5-12,23H,4H2,1-3H3,(H,25,26). The molecule has 0 unspecified atom stereocenters. The van der Waals surface area contributed by atoms with Crippen molar-refractivity contribution in [1.29, 1.82) is 0 Å². The summed E-state index contributed by atoms with van der Waals surface area (Å²) in [6, 6.07) is 10.4. The van der Waals surface area contributed by atoms with Crippen molar-refractivity contribution in [2.24, 2.45) is 0 Å². The smallest absolute Gasteiger partial charge is 0.358 e. The Morgan fingerprint density at radius 3 is 2.42 bits per heavy atom. The predicted molar refractivity (Wildman–Crippen MR) is 113 cm³/mol. The Kier molecular flexibility index (Phi) is 6.11. The molecule has 2 aromatic carbocycles. The van der Waals surface area contributed by atoms with E-state index in [9.17, 15) is 23.1 Å². The number of carboxylic acid groups (broad SMARTS) is 1. The molecule has 0 saturated carbocycles. The number of carbonyl (C=O) groups is 2. The summed E-state index contributed by atoms with van der Waals surface area (Å²) in [6.45, 7) is 5.23. The first-order chi connectivity index (χ1) is 14.6. The topological polar surface area (TPSA) is 128 Å². The van der Waals surface area contributed by atoms with Gasteiger partial charge in [-0.3, -0.25) is 4.72 Å². The van der Waals surface area contributed by atoms with Gasteiger partial charge in [0.2, 0.25) is 0 Å². The van der Waals surface area contributed by atoms with Gasteiger partial charge in [-0.2, -0.15) is 5.10 Å². The largest absolute Gasteiger partial charge is 0.478 e. The summed E-state index contributed by atoms with van der Waals surface area (Å²) in [4.78, 5) is 22.9. The lowest BCUT2D eigenvalue weighted by Gasteiger charge is -2.13. The van der Waals surface area contributed by atoms with Gasteiger partial charge in [-0.15, -0.1) is 0 Å². The van der Waals surface area contributed by atoms with E-state index < -0.39 is 22.0 Å². The minimum Gasteiger partial charge on any atom is -0.478 e. The number of carbonyl (C=O) groups excluding carboxylic acids is 1. The van der Waals surface area contributed by atoms with E-state index in [0.717, 1.165) is 6.07 Å². The summed E-state index contributed by atoms with van der Waals surface area (Å²) < 4.78 is 34.6. The number of carboxylic acids is 1. The number of rotatable bonds is 7. The van der Waals surface area contributed by atoms with Gasteiger partial charge in [0.05, 0.1) is 22.8 Å². The number of hydrogen-bond donors (Lipinski definition) is 2. The molecule has 0 bridgehead atoms. The highest BCUT2D eigenvalue weighted by molar-refractivity contribution is 7.92. The van der Waals surface area contributed by atoms with Crippen LogP contribution in [0, 0.1) is 13.8 Å². The molecule has 0 spiro atoms. The average molecular weight is 443 g/mol. The number of esters is 1. The third-order valence-electron chi connectivity index (χ3n) is 4.61. The van der Waals surface area contributed by atoms with E-state index in [1.165, 1.54) is 16.8 Å². The summed E-state index contributed by atoms with van der Waals surface area (Å²) in [5, 5.41) is 13.4. The van der Waals surface area contributed by atoms with Crippen molar-refractivity contribution in [2.45, 2.75) is 25.7 Å². The van der Waals surface area contributed by atoms with Gasteiger partial charge < -0.3 is 9.84 Å². The van der Waals surface area contributed by atoms with Gasteiger partial charge in [0.1, 0.15) is 0 Å². The zero-order valence-electron chi connectivity index (χ0n) is 17.1. The monoisotopic (exact) mass is 443 g/mol. The van der Waals surface area contributed by atoms with E-state index in [1.54, 1.807) is 51.2 Å². The Labute approximate surface area is 179 Å². The van der Waals surface area contributed by atoms with E-state index in [0.29, 0.717) is 22.5 Å². The summed E-state index contributed by atoms with van der Waals surface area (Å²) in [5.41, 5.74) is 1.99. The Balaban J connectivity index is 1.84. The lowest BCUT2D eigenvalue weighted by Crippen LogP contribution is -2.16. The molecule has 0 aliphatic rings. The molecule has 2 N–H and O–H groups in total. The van der Waals surface area contributed by atoms with Gasteiger partial charge in [-0.1, -0.05) is 0 Å². The van der Waals surface area contributed by atoms with Crippen LogP contribution < -0.4 is 4.72 Å². The first-order valence-corrected chi connectivity index (χ1v) is 10.8. The molecule has 0 aliphatic carbocycles. The highest BCUT2D eigenvalue weighted by Crippen LogP contribution is 2.24. The van der Waals surface area contributed by atoms with Crippen LogP contribution in [0.25, 0.3) is 5.69 Å². The molecule has 0 amide bonds. The lowest BCUT2D eigenvalue weighted by molar-refractivity contribution is 0.0518. The molecule has 0 atom stereocenters. The van der Waals surface area contributed by atoms with Crippen LogP contribution in [0.2, 0.25) is 0 Å². The number of benzene rings is 2. The molecule has 3 aromatic rings. The molecule has 1 aromatic heterocycles. The molecule has 9 nitrogen and oxygen atoms in total. The SMILES string of the molecule is CCOC(=O)c1ccn(-c2ccc(NS(=O)(=O)c3cc(C(=O)O)cc(C)c3C)cc2)n1. The highest BCUT2D eigenvalue weighted by Gasteiger charge is 2.21. The van der Waals surface area contributed by atoms with Crippen LogP contribution in [0.1, 0.15) is 38.9 Å². The van der Waals surface area contributed by atoms with Crippen LogP contribution in [0.3, 0.4) is 0 Å². The number of aromatic carboxylic acids is 1.